The van der Waals surface area contributed by atoms with E-state index in [0.717, 1.165) is 0 Å². The van der Waals surface area contributed by atoms with Gasteiger partial charge in [-0.2, -0.15) is 5.26 Å². The number of nitrogens with zero attached hydrogens (tertiary/aromatic N) is 3. The van der Waals surface area contributed by atoms with Crippen LogP contribution in [-0.2, 0) is 0 Å². The number of hydrogen-bond donors (Lipinski definition) is 1. The number of nitrogens with one attached hydrogen (secondary N) is 1. The molecule has 0 bridgehead atoms. The van der Waals surface area contributed by atoms with Crippen LogP contribution in [0.4, 0.5) is 0 Å². The van der Waals surface area contributed by atoms with E-state index >= 15 is 0 Å². The molecule has 1 amide bonds. The number of hydrogen-bond acceptors (Lipinski definition) is 5. The summed E-state index contributed by atoms with van der Waals surface area (Å²) in [5, 5.41) is 16.8. The lowest BCUT2D eigenvalue weighted by molar-refractivity contribution is 0.0948. The Morgan fingerprint density at radius 1 is 1.91 bits per heavy atom. The molecule has 0 saturated carbocycles. The Bertz CT molecular complexity index is 273. The molecule has 1 rings (SSSR count). The molecule has 1 aromatic rings. The van der Waals surface area contributed by atoms with Crippen molar-refractivity contribution in [3.8, 4) is 6.07 Å². The van der Waals surface area contributed by atoms with E-state index in [1.165, 1.54) is 6.20 Å². The van der Waals surface area contributed by atoms with Crippen LogP contribution in [0, 0.1) is 11.3 Å². The van der Waals surface area contributed by atoms with Gasteiger partial charge in [-0.25, -0.2) is 4.63 Å². The first-order valence-corrected chi connectivity index (χ1v) is 2.77. The highest BCUT2D eigenvalue weighted by Crippen LogP contribution is 1.88. The van der Waals surface area contributed by atoms with Gasteiger partial charge in [0.15, 0.2) is 5.69 Å². The lowest BCUT2D eigenvalue weighted by Gasteiger charge is -1.91. The summed E-state index contributed by atoms with van der Waals surface area (Å²) in [6.45, 7) is -0.0499. The highest BCUT2D eigenvalue weighted by molar-refractivity contribution is 5.91. The molecule has 0 aliphatic rings. The number of carbonyl (C=O) groups excluding carboxylic acids is 1. The average molecular weight is 152 g/mol. The van der Waals surface area contributed by atoms with Crippen molar-refractivity contribution in [2.45, 2.75) is 0 Å². The Kier molecular flexibility index (Phi) is 2.17. The monoisotopic (exact) mass is 152 g/mol. The van der Waals surface area contributed by atoms with Crippen molar-refractivity contribution in [1.29, 1.82) is 5.26 Å². The Morgan fingerprint density at radius 2 is 2.73 bits per heavy atom. The molecule has 56 valence electrons. The zero-order valence-corrected chi connectivity index (χ0v) is 5.44. The molecule has 0 unspecified atom stereocenters. The molecule has 0 aliphatic heterocycles. The van der Waals surface area contributed by atoms with Crippen LogP contribution in [0.25, 0.3) is 0 Å². The summed E-state index contributed by atoms with van der Waals surface area (Å²) in [7, 11) is 0. The second kappa shape index (κ2) is 3.31. The van der Waals surface area contributed by atoms with Crippen molar-refractivity contribution in [3.05, 3.63) is 11.9 Å². The molecule has 0 aliphatic carbocycles. The molecular weight excluding hydrogens is 148 g/mol. The molecular formula is C5H4N4O2. The van der Waals surface area contributed by atoms with Crippen LogP contribution in [0.3, 0.4) is 0 Å². The van der Waals surface area contributed by atoms with E-state index in [2.05, 4.69) is 20.3 Å². The standard InChI is InChI=1S/C5H4N4O2/c6-1-2-7-5(10)4-3-8-11-9-4/h3H,2H2,(H,7,10). The first-order chi connectivity index (χ1) is 5.34. The lowest BCUT2D eigenvalue weighted by Crippen LogP contribution is -2.23. The van der Waals surface area contributed by atoms with E-state index in [-0.39, 0.29) is 12.2 Å². The molecule has 0 spiro atoms. The second-order valence-corrected chi connectivity index (χ2v) is 1.63. The highest BCUT2D eigenvalue weighted by Gasteiger charge is 2.07. The normalized spacial score (nSPS) is 8.64. The fourth-order valence-corrected chi connectivity index (χ4v) is 0.475. The number of rotatable bonds is 2. The highest BCUT2D eigenvalue weighted by atomic mass is 16.6. The molecule has 1 aromatic heterocycles. The summed E-state index contributed by atoms with van der Waals surface area (Å²) in [6.07, 6.45) is 1.17. The molecule has 6 nitrogen and oxygen atoms in total. The lowest BCUT2D eigenvalue weighted by atomic mass is 10.4. The van der Waals surface area contributed by atoms with Crippen LogP contribution in [0.5, 0.6) is 0 Å². The van der Waals surface area contributed by atoms with E-state index in [4.69, 9.17) is 5.26 Å². The molecule has 0 aromatic carbocycles. The maximum absolute atomic E-state index is 10.8. The van der Waals surface area contributed by atoms with Crippen LogP contribution in [0.1, 0.15) is 10.5 Å². The number of aromatic nitrogens is 2. The van der Waals surface area contributed by atoms with Gasteiger partial charge in [0, 0.05) is 0 Å². The first kappa shape index (κ1) is 7.21. The number of carbonyl (C=O) groups is 1. The number of amides is 1. The topological polar surface area (TPSA) is 91.8 Å². The zero-order chi connectivity index (χ0) is 8.10. The molecule has 0 radical (unpaired) electrons. The predicted molar refractivity (Wildman–Crippen MR) is 32.2 cm³/mol. The Balaban J connectivity index is 2.51. The maximum Gasteiger partial charge on any atom is 0.276 e. The molecule has 6 heteroatoms. The Labute approximate surface area is 61.8 Å². The molecule has 0 saturated heterocycles. The minimum absolute atomic E-state index is 0.0499. The van der Waals surface area contributed by atoms with Gasteiger partial charge in [-0.1, -0.05) is 5.16 Å². The van der Waals surface area contributed by atoms with Crippen molar-refractivity contribution in [3.63, 3.8) is 0 Å². The van der Waals surface area contributed by atoms with Gasteiger partial charge in [0.1, 0.15) is 12.7 Å². The van der Waals surface area contributed by atoms with Crippen molar-refractivity contribution in [1.82, 2.24) is 15.6 Å². The average Bonchev–Trinajstić information content (AvgIpc) is 2.52. The third-order valence-corrected chi connectivity index (χ3v) is 0.922. The summed E-state index contributed by atoms with van der Waals surface area (Å²) in [5.41, 5.74) is 0.0697. The quantitative estimate of drug-likeness (QED) is 0.567. The van der Waals surface area contributed by atoms with Gasteiger partial charge in [0.05, 0.1) is 6.07 Å². The van der Waals surface area contributed by atoms with Gasteiger partial charge < -0.3 is 5.32 Å². The van der Waals surface area contributed by atoms with Gasteiger partial charge >= 0.3 is 0 Å². The molecule has 0 fully saturated rings. The summed E-state index contributed by atoms with van der Waals surface area (Å²) in [6, 6.07) is 1.75. The van der Waals surface area contributed by atoms with Gasteiger partial charge in [0.25, 0.3) is 5.91 Å². The van der Waals surface area contributed by atoms with Crippen LogP contribution < -0.4 is 5.32 Å². The predicted octanol–water partition coefficient (Wildman–Crippen LogP) is -0.677. The molecule has 1 N–H and O–H groups in total. The van der Waals surface area contributed by atoms with Crippen LogP contribution in [0.15, 0.2) is 10.8 Å². The van der Waals surface area contributed by atoms with Crippen molar-refractivity contribution in [2.24, 2.45) is 0 Å². The summed E-state index contributed by atoms with van der Waals surface area (Å²) in [5.74, 6) is -0.465. The molecule has 11 heavy (non-hydrogen) atoms. The minimum atomic E-state index is -0.465. The van der Waals surface area contributed by atoms with E-state index < -0.39 is 5.91 Å². The second-order valence-electron chi connectivity index (χ2n) is 1.63. The van der Waals surface area contributed by atoms with Crippen LogP contribution >= 0.6 is 0 Å². The Hall–Kier alpha value is -1.90. The van der Waals surface area contributed by atoms with E-state index in [0.29, 0.717) is 0 Å². The van der Waals surface area contributed by atoms with E-state index in [1.54, 1.807) is 6.07 Å². The first-order valence-electron chi connectivity index (χ1n) is 2.77. The van der Waals surface area contributed by atoms with Crippen LogP contribution in [0.2, 0.25) is 0 Å². The van der Waals surface area contributed by atoms with Crippen molar-refractivity contribution in [2.75, 3.05) is 6.54 Å². The third-order valence-electron chi connectivity index (χ3n) is 0.922. The van der Waals surface area contributed by atoms with Gasteiger partial charge in [0.2, 0.25) is 0 Å². The zero-order valence-electron chi connectivity index (χ0n) is 5.44. The van der Waals surface area contributed by atoms with E-state index in [9.17, 15) is 4.79 Å². The maximum atomic E-state index is 10.8. The summed E-state index contributed by atoms with van der Waals surface area (Å²) in [4.78, 5) is 10.8. The minimum Gasteiger partial charge on any atom is -0.337 e. The summed E-state index contributed by atoms with van der Waals surface area (Å²) < 4.78 is 4.17. The molecule has 1 heterocycles. The smallest absolute Gasteiger partial charge is 0.276 e. The molecule has 0 atom stereocenters. The Morgan fingerprint density at radius 3 is 3.27 bits per heavy atom. The van der Waals surface area contributed by atoms with E-state index in [1.807, 2.05) is 0 Å². The van der Waals surface area contributed by atoms with Crippen LogP contribution in [-0.4, -0.2) is 22.8 Å². The van der Waals surface area contributed by atoms with Gasteiger partial charge in [-0.05, 0) is 5.16 Å². The largest absolute Gasteiger partial charge is 0.337 e. The summed E-state index contributed by atoms with van der Waals surface area (Å²) >= 11 is 0. The fraction of sp³-hybridized carbons (Fsp3) is 0.200. The van der Waals surface area contributed by atoms with Crippen molar-refractivity contribution >= 4 is 5.91 Å². The van der Waals surface area contributed by atoms with Crippen molar-refractivity contribution < 1.29 is 9.42 Å². The van der Waals surface area contributed by atoms with Gasteiger partial charge in [-0.3, -0.25) is 4.79 Å². The fourth-order valence-electron chi connectivity index (χ4n) is 0.475. The SMILES string of the molecule is N#CCNC(=O)c1cnon1. The van der Waals surface area contributed by atoms with Gasteiger partial charge in [-0.15, -0.1) is 0 Å². The third kappa shape index (κ3) is 1.76. The number of nitriles is 1.